The summed E-state index contributed by atoms with van der Waals surface area (Å²) in [5, 5.41) is 3.07. The molecule has 1 heterocycles. The Kier molecular flexibility index (Phi) is 3.49. The number of aromatic amines is 1. The van der Waals surface area contributed by atoms with Crippen LogP contribution in [0.5, 0.6) is 0 Å². The standard InChI is InChI=1S/C12H13F2N3/c1-8(17-7-11-15-5-6-16-11)9-3-2-4-10(13)12(9)14/h2-6,8,17H,7H2,1H3,(H,15,16). The summed E-state index contributed by atoms with van der Waals surface area (Å²) < 4.78 is 26.5. The van der Waals surface area contributed by atoms with Crippen LogP contribution >= 0.6 is 0 Å². The molecule has 0 saturated carbocycles. The Morgan fingerprint density at radius 1 is 1.41 bits per heavy atom. The first-order valence-corrected chi connectivity index (χ1v) is 5.34. The second-order valence-electron chi connectivity index (χ2n) is 3.78. The molecular formula is C12H13F2N3. The van der Waals surface area contributed by atoms with Gasteiger partial charge in [-0.25, -0.2) is 13.8 Å². The maximum absolute atomic E-state index is 13.5. The monoisotopic (exact) mass is 237 g/mol. The van der Waals surface area contributed by atoms with Crippen molar-refractivity contribution in [3.63, 3.8) is 0 Å². The minimum Gasteiger partial charge on any atom is -0.348 e. The van der Waals surface area contributed by atoms with Gasteiger partial charge in [0.25, 0.3) is 0 Å². The van der Waals surface area contributed by atoms with E-state index in [1.165, 1.54) is 6.07 Å². The number of halogens is 2. The van der Waals surface area contributed by atoms with Gasteiger partial charge in [0, 0.05) is 24.0 Å². The van der Waals surface area contributed by atoms with E-state index in [-0.39, 0.29) is 6.04 Å². The van der Waals surface area contributed by atoms with Crippen LogP contribution in [0.25, 0.3) is 0 Å². The van der Waals surface area contributed by atoms with Crippen LogP contribution in [0.15, 0.2) is 30.6 Å². The van der Waals surface area contributed by atoms with E-state index in [4.69, 9.17) is 0 Å². The van der Waals surface area contributed by atoms with Crippen molar-refractivity contribution < 1.29 is 8.78 Å². The van der Waals surface area contributed by atoms with Gasteiger partial charge in [-0.3, -0.25) is 0 Å². The molecule has 0 aliphatic rings. The molecule has 0 aliphatic carbocycles. The molecule has 0 radical (unpaired) electrons. The van der Waals surface area contributed by atoms with E-state index in [0.717, 1.165) is 11.9 Å². The van der Waals surface area contributed by atoms with Gasteiger partial charge in [-0.15, -0.1) is 0 Å². The molecule has 0 saturated heterocycles. The molecule has 17 heavy (non-hydrogen) atoms. The molecule has 2 rings (SSSR count). The summed E-state index contributed by atoms with van der Waals surface area (Å²) in [5.41, 5.74) is 0.316. The zero-order valence-electron chi connectivity index (χ0n) is 9.37. The first-order valence-electron chi connectivity index (χ1n) is 5.34. The molecule has 1 aromatic heterocycles. The number of hydrogen-bond acceptors (Lipinski definition) is 2. The Morgan fingerprint density at radius 2 is 2.24 bits per heavy atom. The Hall–Kier alpha value is -1.75. The highest BCUT2D eigenvalue weighted by atomic mass is 19.2. The number of aromatic nitrogens is 2. The summed E-state index contributed by atoms with van der Waals surface area (Å²) >= 11 is 0. The molecule has 0 fully saturated rings. The van der Waals surface area contributed by atoms with Crippen LogP contribution in [0.4, 0.5) is 8.78 Å². The molecule has 5 heteroatoms. The van der Waals surface area contributed by atoms with Crippen LogP contribution in [0.3, 0.4) is 0 Å². The number of imidazole rings is 1. The second kappa shape index (κ2) is 5.05. The van der Waals surface area contributed by atoms with Gasteiger partial charge in [-0.05, 0) is 13.0 Å². The fraction of sp³-hybridized carbons (Fsp3) is 0.250. The summed E-state index contributed by atoms with van der Waals surface area (Å²) in [5.74, 6) is -0.866. The quantitative estimate of drug-likeness (QED) is 0.857. The SMILES string of the molecule is CC(NCc1ncc[nH]1)c1cccc(F)c1F. The summed E-state index contributed by atoms with van der Waals surface area (Å²) in [7, 11) is 0. The highest BCUT2D eigenvalue weighted by Crippen LogP contribution is 2.18. The van der Waals surface area contributed by atoms with Gasteiger partial charge in [0.05, 0.1) is 6.54 Å². The number of H-pyrrole nitrogens is 1. The maximum atomic E-state index is 13.5. The van der Waals surface area contributed by atoms with Crippen LogP contribution in [-0.2, 0) is 6.54 Å². The third-order valence-electron chi connectivity index (χ3n) is 2.58. The normalized spacial score (nSPS) is 12.6. The fourth-order valence-corrected chi connectivity index (χ4v) is 1.61. The van der Waals surface area contributed by atoms with Crippen molar-refractivity contribution in [2.24, 2.45) is 0 Å². The topological polar surface area (TPSA) is 40.7 Å². The first-order chi connectivity index (χ1) is 8.18. The van der Waals surface area contributed by atoms with Gasteiger partial charge in [0.15, 0.2) is 11.6 Å². The fourth-order valence-electron chi connectivity index (χ4n) is 1.61. The minimum atomic E-state index is -0.825. The summed E-state index contributed by atoms with van der Waals surface area (Å²) in [6, 6.07) is 3.89. The van der Waals surface area contributed by atoms with Crippen molar-refractivity contribution >= 4 is 0 Å². The molecule has 0 amide bonds. The lowest BCUT2D eigenvalue weighted by Gasteiger charge is -2.14. The van der Waals surface area contributed by atoms with Gasteiger partial charge in [0.2, 0.25) is 0 Å². The Labute approximate surface area is 97.9 Å². The molecular weight excluding hydrogens is 224 g/mol. The van der Waals surface area contributed by atoms with E-state index in [0.29, 0.717) is 12.1 Å². The zero-order chi connectivity index (χ0) is 12.3. The summed E-state index contributed by atoms with van der Waals surface area (Å²) in [6.07, 6.45) is 3.36. The molecule has 2 aromatic rings. The number of hydrogen-bond donors (Lipinski definition) is 2. The van der Waals surface area contributed by atoms with Crippen molar-refractivity contribution in [3.8, 4) is 0 Å². The molecule has 1 unspecified atom stereocenters. The van der Waals surface area contributed by atoms with Gasteiger partial charge in [0.1, 0.15) is 5.82 Å². The van der Waals surface area contributed by atoms with Gasteiger partial charge in [-0.1, -0.05) is 12.1 Å². The van der Waals surface area contributed by atoms with E-state index in [1.807, 2.05) is 0 Å². The maximum Gasteiger partial charge on any atom is 0.163 e. The van der Waals surface area contributed by atoms with E-state index in [1.54, 1.807) is 25.4 Å². The summed E-state index contributed by atoms with van der Waals surface area (Å²) in [4.78, 5) is 6.96. The van der Waals surface area contributed by atoms with Gasteiger partial charge < -0.3 is 10.3 Å². The Balaban J connectivity index is 2.04. The highest BCUT2D eigenvalue weighted by Gasteiger charge is 2.13. The van der Waals surface area contributed by atoms with E-state index in [9.17, 15) is 8.78 Å². The number of rotatable bonds is 4. The molecule has 0 bridgehead atoms. The summed E-state index contributed by atoms with van der Waals surface area (Å²) in [6.45, 7) is 2.25. The molecule has 0 spiro atoms. The molecule has 1 aromatic carbocycles. The largest absolute Gasteiger partial charge is 0.348 e. The van der Waals surface area contributed by atoms with E-state index in [2.05, 4.69) is 15.3 Å². The lowest BCUT2D eigenvalue weighted by atomic mass is 10.1. The zero-order valence-corrected chi connectivity index (χ0v) is 9.37. The molecule has 0 aliphatic heterocycles. The van der Waals surface area contributed by atoms with Gasteiger partial charge >= 0.3 is 0 Å². The molecule has 2 N–H and O–H groups in total. The van der Waals surface area contributed by atoms with Crippen LogP contribution in [0, 0.1) is 11.6 Å². The van der Waals surface area contributed by atoms with Crippen LogP contribution in [0.2, 0.25) is 0 Å². The molecule has 3 nitrogen and oxygen atoms in total. The van der Waals surface area contributed by atoms with Crippen molar-refractivity contribution in [1.29, 1.82) is 0 Å². The number of nitrogens with one attached hydrogen (secondary N) is 2. The average molecular weight is 237 g/mol. The van der Waals surface area contributed by atoms with Crippen molar-refractivity contribution in [3.05, 3.63) is 53.6 Å². The van der Waals surface area contributed by atoms with Crippen LogP contribution in [-0.4, -0.2) is 9.97 Å². The Morgan fingerprint density at radius 3 is 2.94 bits per heavy atom. The van der Waals surface area contributed by atoms with Crippen molar-refractivity contribution in [2.45, 2.75) is 19.5 Å². The first kappa shape index (κ1) is 11.7. The van der Waals surface area contributed by atoms with Crippen molar-refractivity contribution in [2.75, 3.05) is 0 Å². The van der Waals surface area contributed by atoms with Crippen molar-refractivity contribution in [1.82, 2.24) is 15.3 Å². The minimum absolute atomic E-state index is 0.282. The van der Waals surface area contributed by atoms with Crippen LogP contribution in [0.1, 0.15) is 24.4 Å². The predicted octanol–water partition coefficient (Wildman–Crippen LogP) is 2.54. The number of nitrogens with zero attached hydrogens (tertiary/aromatic N) is 1. The highest BCUT2D eigenvalue weighted by molar-refractivity contribution is 5.22. The average Bonchev–Trinajstić information content (AvgIpc) is 2.82. The van der Waals surface area contributed by atoms with E-state index < -0.39 is 11.6 Å². The number of benzene rings is 1. The molecule has 90 valence electrons. The third kappa shape index (κ3) is 2.68. The molecule has 1 atom stereocenters. The van der Waals surface area contributed by atoms with E-state index >= 15 is 0 Å². The smallest absolute Gasteiger partial charge is 0.163 e. The van der Waals surface area contributed by atoms with Crippen LogP contribution < -0.4 is 5.32 Å². The predicted molar refractivity (Wildman–Crippen MR) is 60.2 cm³/mol. The Bertz CT molecular complexity index is 483. The second-order valence-corrected chi connectivity index (χ2v) is 3.78. The van der Waals surface area contributed by atoms with Gasteiger partial charge in [-0.2, -0.15) is 0 Å². The third-order valence-corrected chi connectivity index (χ3v) is 2.58. The lowest BCUT2D eigenvalue weighted by Crippen LogP contribution is -2.20. The lowest BCUT2D eigenvalue weighted by molar-refractivity contribution is 0.470.